The number of ether oxygens (including phenoxy) is 3. The molecule has 0 atom stereocenters. The van der Waals surface area contributed by atoms with Crippen LogP contribution in [-0.4, -0.2) is 53.8 Å². The molecule has 0 aliphatic heterocycles. The molecule has 0 aromatic heterocycles. The van der Waals surface area contributed by atoms with Crippen molar-refractivity contribution in [3.63, 3.8) is 0 Å². The molecule has 0 saturated carbocycles. The maximum absolute atomic E-state index is 13.5. The Labute approximate surface area is 256 Å². The zero-order chi connectivity index (χ0) is 31.5. The molecule has 0 fully saturated rings. The zero-order valence-corrected chi connectivity index (χ0v) is 25.2. The van der Waals surface area contributed by atoms with Crippen LogP contribution in [0.2, 0.25) is 0 Å². The Morgan fingerprint density at radius 3 is 2.27 bits per heavy atom. The van der Waals surface area contributed by atoms with Crippen molar-refractivity contribution in [3.05, 3.63) is 108 Å². The Kier molecular flexibility index (Phi) is 10.5. The zero-order valence-electron chi connectivity index (χ0n) is 24.4. The molecule has 0 aliphatic rings. The summed E-state index contributed by atoms with van der Waals surface area (Å²) in [5, 5.41) is 6.70. The monoisotopic (exact) mass is 616 g/mol. The van der Waals surface area contributed by atoms with E-state index in [1.807, 2.05) is 6.92 Å². The highest BCUT2D eigenvalue weighted by Gasteiger charge is 2.27. The van der Waals surface area contributed by atoms with E-state index in [1.165, 1.54) is 38.6 Å². The number of benzene rings is 4. The summed E-state index contributed by atoms with van der Waals surface area (Å²) in [6, 6.07) is 26.5. The van der Waals surface area contributed by atoms with E-state index in [0.717, 1.165) is 9.87 Å². The fraction of sp³-hybridized carbons (Fsp3) is 0.156. The van der Waals surface area contributed by atoms with Gasteiger partial charge in [0.05, 0.1) is 36.7 Å². The number of hydrazone groups is 1. The number of aryl methyl sites for hydroxylation is 1. The maximum atomic E-state index is 13.5. The molecule has 0 saturated heterocycles. The van der Waals surface area contributed by atoms with Gasteiger partial charge in [0.2, 0.25) is 0 Å². The normalized spacial score (nSPS) is 11.1. The summed E-state index contributed by atoms with van der Waals surface area (Å²) in [4.78, 5) is 25.2. The number of amides is 2. The van der Waals surface area contributed by atoms with Crippen molar-refractivity contribution in [2.75, 3.05) is 37.0 Å². The van der Waals surface area contributed by atoms with E-state index in [-0.39, 0.29) is 23.1 Å². The largest absolute Gasteiger partial charge is 0.497 e. The summed E-state index contributed by atoms with van der Waals surface area (Å²) < 4.78 is 44.1. The molecule has 0 radical (unpaired) electrons. The summed E-state index contributed by atoms with van der Waals surface area (Å²) in [6.45, 7) is 1.12. The number of hydrogen-bond donors (Lipinski definition) is 2. The van der Waals surface area contributed by atoms with Gasteiger partial charge in [-0.2, -0.15) is 5.10 Å². The maximum Gasteiger partial charge on any atom is 0.264 e. The Balaban J connectivity index is 1.36. The predicted octanol–water partition coefficient (Wildman–Crippen LogP) is 4.38. The van der Waals surface area contributed by atoms with Crippen molar-refractivity contribution in [1.29, 1.82) is 0 Å². The first kappa shape index (κ1) is 31.6. The lowest BCUT2D eigenvalue weighted by Gasteiger charge is -2.24. The molecule has 0 heterocycles. The number of hydrogen-bond acceptors (Lipinski definition) is 8. The van der Waals surface area contributed by atoms with Gasteiger partial charge in [-0.3, -0.25) is 13.9 Å². The molecule has 228 valence electrons. The van der Waals surface area contributed by atoms with Crippen molar-refractivity contribution in [1.82, 2.24) is 5.43 Å². The van der Waals surface area contributed by atoms with Crippen molar-refractivity contribution in [3.8, 4) is 17.2 Å². The number of carbonyl (C=O) groups is 2. The molecule has 4 aromatic carbocycles. The lowest BCUT2D eigenvalue weighted by molar-refractivity contribution is -0.119. The molecule has 4 rings (SSSR count). The highest BCUT2D eigenvalue weighted by molar-refractivity contribution is 7.92. The second-order valence-electron chi connectivity index (χ2n) is 9.43. The van der Waals surface area contributed by atoms with Gasteiger partial charge in [0.15, 0.2) is 6.61 Å². The van der Waals surface area contributed by atoms with Gasteiger partial charge < -0.3 is 19.5 Å². The Morgan fingerprint density at radius 1 is 0.841 bits per heavy atom. The summed E-state index contributed by atoms with van der Waals surface area (Å²) >= 11 is 0. The number of rotatable bonds is 13. The molecule has 0 aliphatic carbocycles. The first-order valence-corrected chi connectivity index (χ1v) is 14.8. The van der Waals surface area contributed by atoms with Crippen molar-refractivity contribution in [2.24, 2.45) is 5.10 Å². The molecule has 0 unspecified atom stereocenters. The van der Waals surface area contributed by atoms with Gasteiger partial charge in [0.25, 0.3) is 21.8 Å². The van der Waals surface area contributed by atoms with Gasteiger partial charge in [-0.1, -0.05) is 35.9 Å². The number of carbonyl (C=O) groups excluding carboxylic acids is 2. The van der Waals surface area contributed by atoms with E-state index >= 15 is 0 Å². The summed E-state index contributed by atoms with van der Waals surface area (Å²) in [5.74, 6) is 0.430. The molecule has 2 N–H and O–H groups in total. The molecule has 12 heteroatoms. The first-order valence-electron chi connectivity index (χ1n) is 13.4. The highest BCUT2D eigenvalue weighted by Crippen LogP contribution is 2.27. The van der Waals surface area contributed by atoms with Crippen LogP contribution in [0.4, 0.5) is 11.4 Å². The molecule has 0 bridgehead atoms. The standard InChI is InChI=1S/C32H32N4O7S/c1-23-11-17-28(18-12-23)44(39,40)36(25-7-6-8-27(19-25)41-2)21-31(37)35-33-20-24-13-15-26(16-14-24)43-22-32(38)34-29-9-4-5-10-30(29)42-3/h4-20H,21-22H2,1-3H3,(H,34,38)(H,35,37)/b33-20-. The number of nitrogens with zero attached hydrogens (tertiary/aromatic N) is 2. The minimum absolute atomic E-state index is 0.0433. The first-order chi connectivity index (χ1) is 21.2. The average Bonchev–Trinajstić information content (AvgIpc) is 3.03. The number of anilines is 2. The number of nitrogens with one attached hydrogen (secondary N) is 2. The minimum atomic E-state index is -4.09. The van der Waals surface area contributed by atoms with Gasteiger partial charge in [0.1, 0.15) is 23.8 Å². The molecule has 0 spiro atoms. The van der Waals surface area contributed by atoms with Crippen LogP contribution in [0.1, 0.15) is 11.1 Å². The summed E-state index contributed by atoms with van der Waals surface area (Å²) in [5.41, 5.74) is 4.71. The topological polar surface area (TPSA) is 136 Å². The lowest BCUT2D eigenvalue weighted by Crippen LogP contribution is -2.39. The SMILES string of the molecule is COc1cccc(N(CC(=O)N/N=C\c2ccc(OCC(=O)Nc3ccccc3OC)cc2)S(=O)(=O)c2ccc(C)cc2)c1. The van der Waals surface area contributed by atoms with E-state index in [9.17, 15) is 18.0 Å². The van der Waals surface area contributed by atoms with Crippen LogP contribution in [0.5, 0.6) is 17.2 Å². The third kappa shape index (κ3) is 8.35. The molecular formula is C32H32N4O7S. The number of methoxy groups -OCH3 is 2. The quantitative estimate of drug-likeness (QED) is 0.168. The van der Waals surface area contributed by atoms with E-state index in [0.29, 0.717) is 28.5 Å². The second kappa shape index (κ2) is 14.7. The van der Waals surface area contributed by atoms with Gasteiger partial charge in [-0.25, -0.2) is 13.8 Å². The fourth-order valence-corrected chi connectivity index (χ4v) is 5.41. The van der Waals surface area contributed by atoms with Crippen LogP contribution in [0.3, 0.4) is 0 Å². The van der Waals surface area contributed by atoms with E-state index in [4.69, 9.17) is 14.2 Å². The van der Waals surface area contributed by atoms with E-state index in [2.05, 4.69) is 15.8 Å². The van der Waals surface area contributed by atoms with Crippen molar-refractivity contribution < 1.29 is 32.2 Å². The average molecular weight is 617 g/mol. The van der Waals surface area contributed by atoms with Crippen LogP contribution in [0.15, 0.2) is 107 Å². The van der Waals surface area contributed by atoms with Crippen LogP contribution in [-0.2, 0) is 19.6 Å². The van der Waals surface area contributed by atoms with Crippen molar-refractivity contribution in [2.45, 2.75) is 11.8 Å². The summed E-state index contributed by atoms with van der Waals surface area (Å²) in [7, 11) is -1.10. The number of sulfonamides is 1. The molecule has 44 heavy (non-hydrogen) atoms. The lowest BCUT2D eigenvalue weighted by atomic mass is 10.2. The second-order valence-corrected chi connectivity index (χ2v) is 11.3. The predicted molar refractivity (Wildman–Crippen MR) is 168 cm³/mol. The van der Waals surface area contributed by atoms with Gasteiger partial charge in [-0.15, -0.1) is 0 Å². The number of para-hydroxylation sites is 2. The fourth-order valence-electron chi connectivity index (χ4n) is 4.00. The van der Waals surface area contributed by atoms with Crippen LogP contribution >= 0.6 is 0 Å². The van der Waals surface area contributed by atoms with E-state index < -0.39 is 22.5 Å². The highest BCUT2D eigenvalue weighted by atomic mass is 32.2. The molecule has 4 aromatic rings. The van der Waals surface area contributed by atoms with Crippen LogP contribution in [0.25, 0.3) is 0 Å². The third-order valence-electron chi connectivity index (χ3n) is 6.27. The summed E-state index contributed by atoms with van der Waals surface area (Å²) in [6.07, 6.45) is 1.40. The Morgan fingerprint density at radius 2 is 1.57 bits per heavy atom. The van der Waals surface area contributed by atoms with Crippen LogP contribution < -0.4 is 29.3 Å². The van der Waals surface area contributed by atoms with Crippen molar-refractivity contribution >= 4 is 39.4 Å². The molecule has 2 amide bonds. The third-order valence-corrected chi connectivity index (χ3v) is 8.06. The van der Waals surface area contributed by atoms with Gasteiger partial charge in [0, 0.05) is 6.07 Å². The van der Waals surface area contributed by atoms with Gasteiger partial charge >= 0.3 is 0 Å². The van der Waals surface area contributed by atoms with Crippen LogP contribution in [0, 0.1) is 6.92 Å². The molecule has 11 nitrogen and oxygen atoms in total. The minimum Gasteiger partial charge on any atom is -0.497 e. The Hall–Kier alpha value is -5.36. The van der Waals surface area contributed by atoms with Gasteiger partial charge in [-0.05, 0) is 73.2 Å². The van der Waals surface area contributed by atoms with E-state index in [1.54, 1.807) is 78.9 Å². The Bertz CT molecular complexity index is 1720. The smallest absolute Gasteiger partial charge is 0.264 e. The molecular weight excluding hydrogens is 584 g/mol.